The molecule has 6 nitrogen and oxygen atoms in total. The van der Waals surface area contributed by atoms with Crippen LogP contribution in [0.1, 0.15) is 42.6 Å². The highest BCUT2D eigenvalue weighted by atomic mass is 32.2. The van der Waals surface area contributed by atoms with Crippen LogP contribution in [0, 0.1) is 5.92 Å². The largest absolute Gasteiger partial charge is 0.341 e. The van der Waals surface area contributed by atoms with Gasteiger partial charge in [0.25, 0.3) is 5.91 Å². The highest BCUT2D eigenvalue weighted by Gasteiger charge is 2.30. The first kappa shape index (κ1) is 22.0. The molecule has 0 unspecified atom stereocenters. The lowest BCUT2D eigenvalue weighted by atomic mass is 10.0. The van der Waals surface area contributed by atoms with Gasteiger partial charge in [0.05, 0.1) is 10.6 Å². The summed E-state index contributed by atoms with van der Waals surface area (Å²) < 4.78 is 25.3. The maximum Gasteiger partial charge on any atom is 0.251 e. The Kier molecular flexibility index (Phi) is 6.92. The smallest absolute Gasteiger partial charge is 0.251 e. The number of amides is 2. The molecule has 1 heterocycles. The molecule has 2 aromatic carbocycles. The maximum absolute atomic E-state index is 12.8. The van der Waals surface area contributed by atoms with E-state index in [0.29, 0.717) is 11.1 Å². The molecule has 2 aromatic rings. The average Bonchev–Trinajstić information content (AvgIpc) is 3.26. The van der Waals surface area contributed by atoms with Crippen LogP contribution in [0.4, 0.5) is 0 Å². The third-order valence-electron chi connectivity index (χ3n) is 5.29. The number of carbonyl (C=O) groups is 2. The third kappa shape index (κ3) is 5.27. The molecule has 2 amide bonds. The van der Waals surface area contributed by atoms with Crippen molar-refractivity contribution in [3.8, 4) is 0 Å². The van der Waals surface area contributed by atoms with Gasteiger partial charge in [0.2, 0.25) is 5.91 Å². The first-order valence-corrected chi connectivity index (χ1v) is 11.9. The molecular formula is C23H28N2O4S. The summed E-state index contributed by atoms with van der Waals surface area (Å²) in [5.74, 6) is -0.680. The molecule has 0 aromatic heterocycles. The second-order valence-corrected chi connectivity index (χ2v) is 9.99. The molecule has 0 radical (unpaired) electrons. The van der Waals surface area contributed by atoms with Crippen molar-refractivity contribution in [2.45, 2.75) is 43.4 Å². The van der Waals surface area contributed by atoms with Crippen molar-refractivity contribution in [2.75, 3.05) is 13.1 Å². The second-order valence-electron chi connectivity index (χ2n) is 8.00. The number of nitrogens with one attached hydrogen (secondary N) is 1. The van der Waals surface area contributed by atoms with E-state index in [9.17, 15) is 18.0 Å². The van der Waals surface area contributed by atoms with E-state index in [1.54, 1.807) is 59.5 Å². The van der Waals surface area contributed by atoms with Crippen LogP contribution in [0.25, 0.3) is 0 Å². The van der Waals surface area contributed by atoms with E-state index in [0.717, 1.165) is 25.9 Å². The van der Waals surface area contributed by atoms with Crippen LogP contribution in [-0.4, -0.2) is 44.3 Å². The van der Waals surface area contributed by atoms with E-state index in [4.69, 9.17) is 0 Å². The van der Waals surface area contributed by atoms with Gasteiger partial charge in [-0.2, -0.15) is 0 Å². The van der Waals surface area contributed by atoms with Crippen LogP contribution >= 0.6 is 0 Å². The number of sulfone groups is 1. The first-order chi connectivity index (χ1) is 14.3. The van der Waals surface area contributed by atoms with E-state index < -0.39 is 15.9 Å². The van der Waals surface area contributed by atoms with Crippen LogP contribution in [-0.2, 0) is 20.4 Å². The zero-order chi connectivity index (χ0) is 21.7. The quantitative estimate of drug-likeness (QED) is 0.735. The lowest BCUT2D eigenvalue weighted by Crippen LogP contribution is -2.50. The lowest BCUT2D eigenvalue weighted by Gasteiger charge is -2.26. The van der Waals surface area contributed by atoms with Crippen LogP contribution in [0.2, 0.25) is 0 Å². The maximum atomic E-state index is 12.8. The van der Waals surface area contributed by atoms with Crippen molar-refractivity contribution in [1.82, 2.24) is 10.2 Å². The highest BCUT2D eigenvalue weighted by Crippen LogP contribution is 2.18. The number of rotatable bonds is 7. The van der Waals surface area contributed by atoms with Gasteiger partial charge in [-0.15, -0.1) is 0 Å². The third-order valence-corrected chi connectivity index (χ3v) is 6.99. The molecule has 1 N–H and O–H groups in total. The normalized spacial score (nSPS) is 15.2. The minimum absolute atomic E-state index is 0.0521. The fraction of sp³-hybridized carbons (Fsp3) is 0.391. The molecule has 7 heteroatoms. The number of nitrogens with zero attached hydrogens (tertiary/aromatic N) is 1. The molecule has 1 saturated heterocycles. The molecule has 0 bridgehead atoms. The van der Waals surface area contributed by atoms with Crippen LogP contribution in [0.5, 0.6) is 0 Å². The van der Waals surface area contributed by atoms with E-state index in [1.165, 1.54) is 0 Å². The molecular weight excluding hydrogens is 400 g/mol. The lowest BCUT2D eigenvalue weighted by molar-refractivity contribution is -0.133. The van der Waals surface area contributed by atoms with Gasteiger partial charge in [-0.1, -0.05) is 44.2 Å². The summed E-state index contributed by atoms with van der Waals surface area (Å²) in [5, 5.41) is 2.85. The molecule has 160 valence electrons. The van der Waals surface area contributed by atoms with Crippen LogP contribution in [0.3, 0.4) is 0 Å². The Bertz CT molecular complexity index is 997. The van der Waals surface area contributed by atoms with Crippen molar-refractivity contribution in [3.63, 3.8) is 0 Å². The molecule has 1 aliphatic heterocycles. The Hall–Kier alpha value is -2.67. The van der Waals surface area contributed by atoms with E-state index >= 15 is 0 Å². The SMILES string of the molecule is CC(C)[C@H](NC(=O)c1cccc(CS(=O)(=O)c2ccccc2)c1)C(=O)N1CCCC1. The average molecular weight is 429 g/mol. The summed E-state index contributed by atoms with van der Waals surface area (Å²) in [6.45, 7) is 5.26. The number of hydrogen-bond acceptors (Lipinski definition) is 4. The van der Waals surface area contributed by atoms with Crippen molar-refractivity contribution in [1.29, 1.82) is 0 Å². The summed E-state index contributed by atoms with van der Waals surface area (Å²) in [6.07, 6.45) is 1.98. The van der Waals surface area contributed by atoms with Crippen molar-refractivity contribution < 1.29 is 18.0 Å². The Balaban J connectivity index is 1.74. The van der Waals surface area contributed by atoms with E-state index in [2.05, 4.69) is 5.32 Å². The minimum atomic E-state index is -3.51. The Labute approximate surface area is 178 Å². The summed E-state index contributed by atoms with van der Waals surface area (Å²) >= 11 is 0. The van der Waals surface area contributed by atoms with Gasteiger partial charge < -0.3 is 10.2 Å². The van der Waals surface area contributed by atoms with Gasteiger partial charge in [0.15, 0.2) is 9.84 Å². The van der Waals surface area contributed by atoms with Crippen molar-refractivity contribution >= 4 is 21.7 Å². The molecule has 30 heavy (non-hydrogen) atoms. The van der Waals surface area contributed by atoms with Gasteiger partial charge in [0, 0.05) is 18.7 Å². The van der Waals surface area contributed by atoms with Gasteiger partial charge in [0.1, 0.15) is 6.04 Å². The predicted octanol–water partition coefficient (Wildman–Crippen LogP) is 3.04. The zero-order valence-electron chi connectivity index (χ0n) is 17.4. The molecule has 0 saturated carbocycles. The van der Waals surface area contributed by atoms with Crippen molar-refractivity contribution in [2.24, 2.45) is 5.92 Å². The fourth-order valence-corrected chi connectivity index (χ4v) is 4.96. The molecule has 1 fully saturated rings. The predicted molar refractivity (Wildman–Crippen MR) is 116 cm³/mol. The van der Waals surface area contributed by atoms with Crippen LogP contribution < -0.4 is 5.32 Å². The molecule has 3 rings (SSSR count). The van der Waals surface area contributed by atoms with Gasteiger partial charge in [-0.3, -0.25) is 9.59 Å². The van der Waals surface area contributed by atoms with Gasteiger partial charge in [-0.05, 0) is 48.6 Å². The number of likely N-dealkylation sites (tertiary alicyclic amines) is 1. The molecule has 0 spiro atoms. The van der Waals surface area contributed by atoms with Crippen LogP contribution in [0.15, 0.2) is 59.5 Å². The molecule has 1 atom stereocenters. The van der Waals surface area contributed by atoms with E-state index in [1.807, 2.05) is 13.8 Å². The number of carbonyl (C=O) groups excluding carboxylic acids is 2. The zero-order valence-corrected chi connectivity index (χ0v) is 18.2. The topological polar surface area (TPSA) is 83.5 Å². The van der Waals surface area contributed by atoms with E-state index in [-0.39, 0.29) is 28.4 Å². The fourth-order valence-electron chi connectivity index (χ4n) is 3.61. The minimum Gasteiger partial charge on any atom is -0.341 e. The number of hydrogen-bond donors (Lipinski definition) is 1. The van der Waals surface area contributed by atoms with Gasteiger partial charge >= 0.3 is 0 Å². The highest BCUT2D eigenvalue weighted by molar-refractivity contribution is 7.90. The monoisotopic (exact) mass is 428 g/mol. The summed E-state index contributed by atoms with van der Waals surface area (Å²) in [5.41, 5.74) is 0.870. The second kappa shape index (κ2) is 9.43. The molecule has 1 aliphatic rings. The standard InChI is InChI=1S/C23H28N2O4S/c1-17(2)21(23(27)25-13-6-7-14-25)24-22(26)19-10-8-9-18(15-19)16-30(28,29)20-11-4-3-5-12-20/h3-5,8-12,15,17,21H,6-7,13-14,16H2,1-2H3,(H,24,26)/t21-/m0/s1. The first-order valence-electron chi connectivity index (χ1n) is 10.2. The van der Waals surface area contributed by atoms with Gasteiger partial charge in [-0.25, -0.2) is 8.42 Å². The summed E-state index contributed by atoms with van der Waals surface area (Å²) in [6, 6.07) is 14.2. The van der Waals surface area contributed by atoms with Crippen molar-refractivity contribution in [3.05, 3.63) is 65.7 Å². The Morgan fingerprint density at radius 3 is 2.30 bits per heavy atom. The Morgan fingerprint density at radius 2 is 1.67 bits per heavy atom. The number of benzene rings is 2. The summed E-state index contributed by atoms with van der Waals surface area (Å²) in [7, 11) is -3.51. The Morgan fingerprint density at radius 1 is 1.00 bits per heavy atom. The summed E-state index contributed by atoms with van der Waals surface area (Å²) in [4.78, 5) is 27.7. The molecule has 0 aliphatic carbocycles.